The molecule has 2 nitrogen and oxygen atoms in total. The van der Waals surface area contributed by atoms with Crippen LogP contribution in [0.1, 0.15) is 46.5 Å². The van der Waals surface area contributed by atoms with Crippen molar-refractivity contribution in [1.29, 1.82) is 5.26 Å². The van der Waals surface area contributed by atoms with Crippen LogP contribution >= 0.6 is 0 Å². The molecule has 0 radical (unpaired) electrons. The molecule has 0 saturated heterocycles. The van der Waals surface area contributed by atoms with E-state index in [1.807, 2.05) is 6.92 Å². The summed E-state index contributed by atoms with van der Waals surface area (Å²) in [4.78, 5) is 2.50. The van der Waals surface area contributed by atoms with E-state index in [2.05, 4.69) is 24.8 Å². The molecule has 0 spiro atoms. The molecule has 0 aliphatic heterocycles. The highest BCUT2D eigenvalue weighted by atomic mass is 15.1. The Balaban J connectivity index is 2.41. The van der Waals surface area contributed by atoms with Crippen molar-refractivity contribution in [2.24, 2.45) is 11.8 Å². The Morgan fingerprint density at radius 2 is 1.93 bits per heavy atom. The summed E-state index contributed by atoms with van der Waals surface area (Å²) in [5.41, 5.74) is 0. The molecule has 0 aromatic rings. The maximum atomic E-state index is 8.84. The fourth-order valence-electron chi connectivity index (χ4n) is 2.54. The van der Waals surface area contributed by atoms with E-state index < -0.39 is 0 Å². The van der Waals surface area contributed by atoms with Crippen molar-refractivity contribution in [3.63, 3.8) is 0 Å². The van der Waals surface area contributed by atoms with Gasteiger partial charge in [0.1, 0.15) is 0 Å². The Kier molecular flexibility index (Phi) is 5.11. The summed E-state index contributed by atoms with van der Waals surface area (Å²) in [6.07, 6.45) is 5.38. The highest BCUT2D eigenvalue weighted by Crippen LogP contribution is 2.27. The third-order valence-corrected chi connectivity index (χ3v) is 3.64. The summed E-state index contributed by atoms with van der Waals surface area (Å²) >= 11 is 0. The van der Waals surface area contributed by atoms with Gasteiger partial charge in [0.15, 0.2) is 0 Å². The summed E-state index contributed by atoms with van der Waals surface area (Å²) in [5, 5.41) is 8.84. The first-order valence-electron chi connectivity index (χ1n) is 6.31. The first kappa shape index (κ1) is 12.5. The first-order valence-corrected chi connectivity index (χ1v) is 6.31. The normalized spacial score (nSPS) is 28.7. The SMILES string of the molecule is CCN(CC(C)C#N)C1CCC(C)CC1. The molecule has 1 saturated carbocycles. The Morgan fingerprint density at radius 3 is 2.40 bits per heavy atom. The highest BCUT2D eigenvalue weighted by molar-refractivity contribution is 4.85. The van der Waals surface area contributed by atoms with E-state index in [1.54, 1.807) is 0 Å². The first-order chi connectivity index (χ1) is 7.17. The van der Waals surface area contributed by atoms with Gasteiger partial charge in [0.25, 0.3) is 0 Å². The summed E-state index contributed by atoms with van der Waals surface area (Å²) in [6.45, 7) is 8.62. The topological polar surface area (TPSA) is 27.0 Å². The van der Waals surface area contributed by atoms with Gasteiger partial charge >= 0.3 is 0 Å². The van der Waals surface area contributed by atoms with Gasteiger partial charge in [-0.25, -0.2) is 0 Å². The second-order valence-corrected chi connectivity index (χ2v) is 5.03. The monoisotopic (exact) mass is 208 g/mol. The van der Waals surface area contributed by atoms with E-state index in [0.717, 1.165) is 25.0 Å². The molecule has 1 aliphatic rings. The van der Waals surface area contributed by atoms with Gasteiger partial charge in [-0.1, -0.05) is 13.8 Å². The molecule has 1 unspecified atom stereocenters. The molecular weight excluding hydrogens is 184 g/mol. The van der Waals surface area contributed by atoms with Crippen molar-refractivity contribution in [1.82, 2.24) is 4.90 Å². The maximum absolute atomic E-state index is 8.84. The van der Waals surface area contributed by atoms with Crippen molar-refractivity contribution in [3.8, 4) is 6.07 Å². The van der Waals surface area contributed by atoms with Crippen LogP contribution in [-0.4, -0.2) is 24.0 Å². The van der Waals surface area contributed by atoms with E-state index in [0.29, 0.717) is 0 Å². The van der Waals surface area contributed by atoms with Gasteiger partial charge in [-0.15, -0.1) is 0 Å². The lowest BCUT2D eigenvalue weighted by atomic mass is 9.86. The van der Waals surface area contributed by atoms with Crippen LogP contribution in [0.25, 0.3) is 0 Å². The second-order valence-electron chi connectivity index (χ2n) is 5.03. The lowest BCUT2D eigenvalue weighted by Crippen LogP contribution is -2.40. The molecule has 86 valence electrons. The molecule has 0 aromatic heterocycles. The minimum absolute atomic E-state index is 0.171. The van der Waals surface area contributed by atoms with Gasteiger partial charge in [0.2, 0.25) is 0 Å². The third kappa shape index (κ3) is 3.83. The number of nitriles is 1. The predicted molar refractivity (Wildman–Crippen MR) is 63.4 cm³/mol. The van der Waals surface area contributed by atoms with Crippen LogP contribution in [-0.2, 0) is 0 Å². The van der Waals surface area contributed by atoms with Crippen LogP contribution in [0, 0.1) is 23.2 Å². The van der Waals surface area contributed by atoms with Crippen LogP contribution in [0.4, 0.5) is 0 Å². The zero-order valence-corrected chi connectivity index (χ0v) is 10.4. The molecule has 0 aromatic carbocycles. The zero-order valence-electron chi connectivity index (χ0n) is 10.4. The van der Waals surface area contributed by atoms with Crippen molar-refractivity contribution in [3.05, 3.63) is 0 Å². The second kappa shape index (κ2) is 6.12. The largest absolute Gasteiger partial charge is 0.299 e. The van der Waals surface area contributed by atoms with E-state index in [4.69, 9.17) is 5.26 Å². The molecule has 2 heteroatoms. The summed E-state index contributed by atoms with van der Waals surface area (Å²) in [7, 11) is 0. The number of rotatable bonds is 4. The third-order valence-electron chi connectivity index (χ3n) is 3.64. The van der Waals surface area contributed by atoms with E-state index >= 15 is 0 Å². The molecule has 1 rings (SSSR count). The van der Waals surface area contributed by atoms with Gasteiger partial charge in [-0.2, -0.15) is 5.26 Å². The molecule has 1 atom stereocenters. The number of nitrogens with zero attached hydrogens (tertiary/aromatic N) is 2. The summed E-state index contributed by atoms with van der Waals surface area (Å²) in [6, 6.07) is 3.07. The number of hydrogen-bond donors (Lipinski definition) is 0. The Morgan fingerprint density at radius 1 is 1.33 bits per heavy atom. The van der Waals surface area contributed by atoms with E-state index in [1.165, 1.54) is 25.7 Å². The van der Waals surface area contributed by atoms with Crippen LogP contribution in [0.3, 0.4) is 0 Å². The van der Waals surface area contributed by atoms with Gasteiger partial charge in [-0.3, -0.25) is 4.90 Å². The average Bonchev–Trinajstić information content (AvgIpc) is 2.27. The molecule has 0 heterocycles. The van der Waals surface area contributed by atoms with Crippen LogP contribution in [0.2, 0.25) is 0 Å². The van der Waals surface area contributed by atoms with Crippen LogP contribution in [0.5, 0.6) is 0 Å². The van der Waals surface area contributed by atoms with E-state index in [9.17, 15) is 0 Å². The summed E-state index contributed by atoms with van der Waals surface area (Å²) in [5.74, 6) is 1.08. The standard InChI is InChI=1S/C13H24N2/c1-4-15(10-12(3)9-14)13-7-5-11(2)6-8-13/h11-13H,4-8,10H2,1-3H3. The lowest BCUT2D eigenvalue weighted by Gasteiger charge is -2.36. The molecular formula is C13H24N2. The maximum Gasteiger partial charge on any atom is 0.0666 e. The highest BCUT2D eigenvalue weighted by Gasteiger charge is 2.23. The predicted octanol–water partition coefficient (Wildman–Crippen LogP) is 3.05. The van der Waals surface area contributed by atoms with Gasteiger partial charge in [0, 0.05) is 12.6 Å². The van der Waals surface area contributed by atoms with Gasteiger partial charge < -0.3 is 0 Å². The Labute approximate surface area is 94.3 Å². The lowest BCUT2D eigenvalue weighted by molar-refractivity contribution is 0.137. The minimum atomic E-state index is 0.171. The smallest absolute Gasteiger partial charge is 0.0666 e. The van der Waals surface area contributed by atoms with Crippen molar-refractivity contribution < 1.29 is 0 Å². The molecule has 1 fully saturated rings. The minimum Gasteiger partial charge on any atom is -0.299 e. The van der Waals surface area contributed by atoms with E-state index in [-0.39, 0.29) is 5.92 Å². The molecule has 0 N–H and O–H groups in total. The zero-order chi connectivity index (χ0) is 11.3. The quantitative estimate of drug-likeness (QED) is 0.710. The number of hydrogen-bond acceptors (Lipinski definition) is 2. The fraction of sp³-hybridized carbons (Fsp3) is 0.923. The van der Waals surface area contributed by atoms with Gasteiger partial charge in [0.05, 0.1) is 12.0 Å². The van der Waals surface area contributed by atoms with Crippen molar-refractivity contribution in [2.45, 2.75) is 52.5 Å². The average molecular weight is 208 g/mol. The van der Waals surface area contributed by atoms with Crippen molar-refractivity contribution >= 4 is 0 Å². The van der Waals surface area contributed by atoms with Gasteiger partial charge in [-0.05, 0) is 45.1 Å². The molecule has 1 aliphatic carbocycles. The van der Waals surface area contributed by atoms with Crippen LogP contribution in [0.15, 0.2) is 0 Å². The fourth-order valence-corrected chi connectivity index (χ4v) is 2.54. The van der Waals surface area contributed by atoms with Crippen molar-refractivity contribution in [2.75, 3.05) is 13.1 Å². The molecule has 0 amide bonds. The van der Waals surface area contributed by atoms with Crippen LogP contribution < -0.4 is 0 Å². The molecule has 0 bridgehead atoms. The summed E-state index contributed by atoms with van der Waals surface area (Å²) < 4.78 is 0. The molecule has 15 heavy (non-hydrogen) atoms. The Hall–Kier alpha value is -0.550. The Bertz CT molecular complexity index is 211.